The van der Waals surface area contributed by atoms with Gasteiger partial charge in [-0.25, -0.2) is 4.68 Å². The molecule has 0 atom stereocenters. The van der Waals surface area contributed by atoms with Crippen LogP contribution < -0.4 is 11.1 Å². The van der Waals surface area contributed by atoms with Crippen LogP contribution in [0.2, 0.25) is 5.02 Å². The lowest BCUT2D eigenvalue weighted by Gasteiger charge is -2.03. The zero-order valence-electron chi connectivity index (χ0n) is 10.5. The van der Waals surface area contributed by atoms with Crippen LogP contribution >= 0.6 is 11.6 Å². The van der Waals surface area contributed by atoms with Crippen LogP contribution in [0.3, 0.4) is 0 Å². The maximum Gasteiger partial charge on any atom is 0.168 e. The fourth-order valence-electron chi connectivity index (χ4n) is 1.71. The summed E-state index contributed by atoms with van der Waals surface area (Å²) >= 11 is 5.95. The Morgan fingerprint density at radius 1 is 1.53 bits per heavy atom. The molecule has 0 aliphatic carbocycles. The number of nitrogen functional groups attached to an aromatic ring is 1. The van der Waals surface area contributed by atoms with Gasteiger partial charge in [-0.3, -0.25) is 0 Å². The topological polar surface area (TPSA) is 79.7 Å². The maximum absolute atomic E-state index is 9.16. The van der Waals surface area contributed by atoms with E-state index in [1.165, 1.54) is 4.68 Å². The van der Waals surface area contributed by atoms with Crippen molar-refractivity contribution in [3.63, 3.8) is 0 Å². The standard InChI is InChI=1S/C13H14ClN5/c1-2-6-17-13-11(8-15)12(16)19(18-13)10-5-3-4-9(14)7-10/h3-5,7H,2,6,16H2,1H3,(H,17,18). The van der Waals surface area contributed by atoms with Crippen LogP contribution in [-0.4, -0.2) is 16.3 Å². The van der Waals surface area contributed by atoms with Gasteiger partial charge in [-0.1, -0.05) is 24.6 Å². The highest BCUT2D eigenvalue weighted by atomic mass is 35.5. The van der Waals surface area contributed by atoms with Crippen LogP contribution in [0.25, 0.3) is 5.69 Å². The summed E-state index contributed by atoms with van der Waals surface area (Å²) in [5, 5.41) is 17.2. The quantitative estimate of drug-likeness (QED) is 0.899. The molecule has 0 unspecified atom stereocenters. The molecule has 5 nitrogen and oxygen atoms in total. The molecule has 3 N–H and O–H groups in total. The lowest BCUT2D eigenvalue weighted by atomic mass is 10.3. The number of hydrogen-bond donors (Lipinski definition) is 2. The molecule has 0 spiro atoms. The zero-order valence-corrected chi connectivity index (χ0v) is 11.3. The predicted octanol–water partition coefficient (Wildman–Crippen LogP) is 2.80. The zero-order chi connectivity index (χ0) is 13.8. The van der Waals surface area contributed by atoms with Crippen LogP contribution in [0, 0.1) is 11.3 Å². The smallest absolute Gasteiger partial charge is 0.168 e. The first-order valence-electron chi connectivity index (χ1n) is 5.95. The predicted molar refractivity (Wildman–Crippen MR) is 76.5 cm³/mol. The second-order valence-electron chi connectivity index (χ2n) is 4.04. The van der Waals surface area contributed by atoms with Gasteiger partial charge in [-0.15, -0.1) is 5.10 Å². The molecule has 1 heterocycles. The molecule has 2 aromatic rings. The molecule has 6 heteroatoms. The molecule has 1 aromatic heterocycles. The number of nitrogens with one attached hydrogen (secondary N) is 1. The molecule has 0 saturated carbocycles. The van der Waals surface area contributed by atoms with Crippen molar-refractivity contribution in [3.05, 3.63) is 34.9 Å². The first-order chi connectivity index (χ1) is 9.17. The van der Waals surface area contributed by atoms with Gasteiger partial charge in [0.2, 0.25) is 0 Å². The maximum atomic E-state index is 9.16. The molecule has 2 rings (SSSR count). The van der Waals surface area contributed by atoms with Gasteiger partial charge in [0.15, 0.2) is 5.82 Å². The van der Waals surface area contributed by atoms with Crippen LogP contribution in [0.4, 0.5) is 11.6 Å². The summed E-state index contributed by atoms with van der Waals surface area (Å²) in [6.07, 6.45) is 0.939. The van der Waals surface area contributed by atoms with E-state index in [0.717, 1.165) is 18.7 Å². The Morgan fingerprint density at radius 3 is 2.95 bits per heavy atom. The molecule has 0 aliphatic rings. The normalized spacial score (nSPS) is 10.2. The molecule has 0 fully saturated rings. The Bertz CT molecular complexity index is 626. The third-order valence-electron chi connectivity index (χ3n) is 2.63. The lowest BCUT2D eigenvalue weighted by molar-refractivity contribution is 0.880. The van der Waals surface area contributed by atoms with E-state index in [1.54, 1.807) is 12.1 Å². The first-order valence-corrected chi connectivity index (χ1v) is 6.33. The number of hydrogen-bond acceptors (Lipinski definition) is 4. The van der Waals surface area contributed by atoms with Crippen molar-refractivity contribution in [1.82, 2.24) is 9.78 Å². The molecule has 1 aromatic carbocycles. The molecule has 0 aliphatic heterocycles. The van der Waals surface area contributed by atoms with Crippen LogP contribution in [-0.2, 0) is 0 Å². The summed E-state index contributed by atoms with van der Waals surface area (Å²) in [4.78, 5) is 0. The molecular formula is C13H14ClN5. The summed E-state index contributed by atoms with van der Waals surface area (Å²) in [6.45, 7) is 2.77. The number of aromatic nitrogens is 2. The molecule has 0 bridgehead atoms. The van der Waals surface area contributed by atoms with Crippen molar-refractivity contribution >= 4 is 23.2 Å². The Morgan fingerprint density at radius 2 is 2.32 bits per heavy atom. The fourth-order valence-corrected chi connectivity index (χ4v) is 1.90. The van der Waals surface area contributed by atoms with Crippen LogP contribution in [0.1, 0.15) is 18.9 Å². The van der Waals surface area contributed by atoms with E-state index < -0.39 is 0 Å². The van der Waals surface area contributed by atoms with Gasteiger partial charge < -0.3 is 11.1 Å². The third kappa shape index (κ3) is 2.64. The van der Waals surface area contributed by atoms with Gasteiger partial charge in [0.05, 0.1) is 5.69 Å². The highest BCUT2D eigenvalue weighted by Crippen LogP contribution is 2.25. The average molecular weight is 276 g/mol. The first kappa shape index (κ1) is 13.2. The molecule has 0 saturated heterocycles. The van der Waals surface area contributed by atoms with Gasteiger partial charge in [-0.2, -0.15) is 5.26 Å². The highest BCUT2D eigenvalue weighted by Gasteiger charge is 2.16. The minimum absolute atomic E-state index is 0.309. The van der Waals surface area contributed by atoms with E-state index in [1.807, 2.05) is 19.1 Å². The van der Waals surface area contributed by atoms with E-state index in [-0.39, 0.29) is 0 Å². The van der Waals surface area contributed by atoms with E-state index >= 15 is 0 Å². The minimum Gasteiger partial charge on any atom is -0.382 e. The van der Waals surface area contributed by atoms with Crippen LogP contribution in [0.15, 0.2) is 24.3 Å². The second kappa shape index (κ2) is 5.63. The third-order valence-corrected chi connectivity index (χ3v) is 2.86. The molecule has 98 valence electrons. The van der Waals surface area contributed by atoms with Crippen molar-refractivity contribution in [3.8, 4) is 11.8 Å². The minimum atomic E-state index is 0.309. The molecule has 0 amide bonds. The number of nitriles is 1. The molecule has 19 heavy (non-hydrogen) atoms. The van der Waals surface area contributed by atoms with Crippen molar-refractivity contribution in [2.24, 2.45) is 0 Å². The Labute approximate surface area is 116 Å². The van der Waals surface area contributed by atoms with E-state index in [0.29, 0.717) is 22.2 Å². The van der Waals surface area contributed by atoms with E-state index in [4.69, 9.17) is 22.6 Å². The SMILES string of the molecule is CCCNc1nn(-c2cccc(Cl)c2)c(N)c1C#N. The number of nitrogens with two attached hydrogens (primary N) is 1. The van der Waals surface area contributed by atoms with Crippen molar-refractivity contribution in [2.45, 2.75) is 13.3 Å². The van der Waals surface area contributed by atoms with E-state index in [2.05, 4.69) is 16.5 Å². The summed E-state index contributed by atoms with van der Waals surface area (Å²) in [6, 6.07) is 9.23. The van der Waals surface area contributed by atoms with Gasteiger partial charge in [0.25, 0.3) is 0 Å². The lowest BCUT2D eigenvalue weighted by Crippen LogP contribution is -2.03. The largest absolute Gasteiger partial charge is 0.382 e. The Kier molecular flexibility index (Phi) is 3.93. The summed E-state index contributed by atoms with van der Waals surface area (Å²) in [5.41, 5.74) is 7.05. The second-order valence-corrected chi connectivity index (χ2v) is 4.48. The Hall–Kier alpha value is -2.19. The summed E-state index contributed by atoms with van der Waals surface area (Å²) < 4.78 is 1.52. The van der Waals surface area contributed by atoms with Gasteiger partial charge in [0.1, 0.15) is 17.5 Å². The number of halogens is 1. The van der Waals surface area contributed by atoms with Gasteiger partial charge >= 0.3 is 0 Å². The summed E-state index contributed by atoms with van der Waals surface area (Å²) in [5.74, 6) is 0.810. The number of rotatable bonds is 4. The van der Waals surface area contributed by atoms with Crippen molar-refractivity contribution < 1.29 is 0 Å². The fraction of sp³-hybridized carbons (Fsp3) is 0.231. The van der Waals surface area contributed by atoms with E-state index in [9.17, 15) is 0 Å². The molecular weight excluding hydrogens is 262 g/mol. The van der Waals surface area contributed by atoms with Crippen molar-refractivity contribution in [2.75, 3.05) is 17.6 Å². The number of nitrogens with zero attached hydrogens (tertiary/aromatic N) is 3. The van der Waals surface area contributed by atoms with Gasteiger partial charge in [0, 0.05) is 11.6 Å². The highest BCUT2D eigenvalue weighted by molar-refractivity contribution is 6.30. The summed E-state index contributed by atoms with van der Waals surface area (Å²) in [7, 11) is 0. The van der Waals surface area contributed by atoms with Crippen LogP contribution in [0.5, 0.6) is 0 Å². The average Bonchev–Trinajstić information content (AvgIpc) is 2.72. The number of benzene rings is 1. The number of anilines is 2. The monoisotopic (exact) mass is 275 g/mol. The Balaban J connectivity index is 2.47. The van der Waals surface area contributed by atoms with Crippen molar-refractivity contribution in [1.29, 1.82) is 5.26 Å². The molecule has 0 radical (unpaired) electrons. The van der Waals surface area contributed by atoms with Gasteiger partial charge in [-0.05, 0) is 24.6 Å².